The molecule has 1 saturated heterocycles. The quantitative estimate of drug-likeness (QED) is 0.865. The van der Waals surface area contributed by atoms with Gasteiger partial charge in [-0.25, -0.2) is 4.98 Å². The Labute approximate surface area is 111 Å². The summed E-state index contributed by atoms with van der Waals surface area (Å²) in [6.45, 7) is 3.38. The maximum absolute atomic E-state index is 12.3. The average molecular weight is 259 g/mol. The van der Waals surface area contributed by atoms with Crippen LogP contribution in [0.2, 0.25) is 0 Å². The normalized spacial score (nSPS) is 23.4. The van der Waals surface area contributed by atoms with E-state index in [1.165, 1.54) is 0 Å². The minimum atomic E-state index is -0.266. The van der Waals surface area contributed by atoms with Crippen molar-refractivity contribution < 1.29 is 9.53 Å². The lowest BCUT2D eigenvalue weighted by Gasteiger charge is -2.34. The molecule has 1 aromatic carbocycles. The lowest BCUT2D eigenvalue weighted by molar-refractivity contribution is 0.0272. The fraction of sp³-hybridized carbons (Fsp3) is 0.429. The molecule has 0 saturated carbocycles. The number of fused-ring (bicyclic) bond motifs is 1. The molecule has 0 spiro atoms. The van der Waals surface area contributed by atoms with Crippen LogP contribution in [0.15, 0.2) is 24.5 Å². The molecule has 1 aliphatic rings. The Morgan fingerprint density at radius 3 is 3.21 bits per heavy atom. The Balaban J connectivity index is 1.79. The Morgan fingerprint density at radius 1 is 1.53 bits per heavy atom. The van der Waals surface area contributed by atoms with Gasteiger partial charge in [-0.15, -0.1) is 0 Å². The van der Waals surface area contributed by atoms with E-state index < -0.39 is 0 Å². The highest BCUT2D eigenvalue weighted by atomic mass is 16.5. The number of aromatic amines is 1. The number of nitrogens with zero attached hydrogens (tertiary/aromatic N) is 1. The number of hydrogen-bond donors (Lipinski definition) is 2. The highest BCUT2D eigenvalue weighted by Gasteiger charge is 2.29. The molecule has 0 aliphatic carbocycles. The Morgan fingerprint density at radius 2 is 2.42 bits per heavy atom. The van der Waals surface area contributed by atoms with Gasteiger partial charge in [0.2, 0.25) is 0 Å². The van der Waals surface area contributed by atoms with Gasteiger partial charge in [0.25, 0.3) is 5.91 Å². The second-order valence-electron chi connectivity index (χ2n) is 5.31. The molecule has 2 N–H and O–H groups in total. The number of amides is 1. The molecule has 1 aliphatic heterocycles. The molecule has 3 rings (SSSR count). The fourth-order valence-corrected chi connectivity index (χ4v) is 2.46. The zero-order chi connectivity index (χ0) is 13.3. The second kappa shape index (κ2) is 4.66. The van der Waals surface area contributed by atoms with Crippen molar-refractivity contribution in [3.63, 3.8) is 0 Å². The predicted molar refractivity (Wildman–Crippen MR) is 72.0 cm³/mol. The summed E-state index contributed by atoms with van der Waals surface area (Å²) in [6, 6.07) is 5.47. The first kappa shape index (κ1) is 12.2. The Kier molecular flexibility index (Phi) is 2.98. The number of nitrogens with one attached hydrogen (secondary N) is 2. The van der Waals surface area contributed by atoms with Gasteiger partial charge in [0.15, 0.2) is 0 Å². The molecule has 100 valence electrons. The lowest BCUT2D eigenvalue weighted by atomic mass is 9.94. The van der Waals surface area contributed by atoms with Crippen LogP contribution in [-0.4, -0.2) is 34.6 Å². The van der Waals surface area contributed by atoms with Crippen molar-refractivity contribution >= 4 is 16.9 Å². The molecule has 5 heteroatoms. The van der Waals surface area contributed by atoms with Crippen LogP contribution in [0.4, 0.5) is 0 Å². The molecule has 2 heterocycles. The van der Waals surface area contributed by atoms with Crippen molar-refractivity contribution in [3.05, 3.63) is 30.1 Å². The number of imidazole rings is 1. The van der Waals surface area contributed by atoms with Crippen LogP contribution in [0.1, 0.15) is 30.1 Å². The standard InChI is InChI=1S/C14H17N3O2/c1-14(5-2-6-19-8-14)17-13(18)10-3-4-11-12(7-10)16-9-15-11/h3-4,7,9H,2,5-6,8H2,1H3,(H,15,16)(H,17,18). The smallest absolute Gasteiger partial charge is 0.251 e. The van der Waals surface area contributed by atoms with Crippen LogP contribution in [0.25, 0.3) is 11.0 Å². The summed E-state index contributed by atoms with van der Waals surface area (Å²) in [5, 5.41) is 3.07. The van der Waals surface area contributed by atoms with E-state index in [1.807, 2.05) is 19.1 Å². The average Bonchev–Trinajstić information content (AvgIpc) is 2.86. The zero-order valence-corrected chi connectivity index (χ0v) is 10.9. The van der Waals surface area contributed by atoms with E-state index >= 15 is 0 Å². The topological polar surface area (TPSA) is 67.0 Å². The first-order valence-corrected chi connectivity index (χ1v) is 6.50. The number of carbonyl (C=O) groups is 1. The van der Waals surface area contributed by atoms with Gasteiger partial charge in [0.05, 0.1) is 29.5 Å². The summed E-state index contributed by atoms with van der Waals surface area (Å²) in [5.74, 6) is -0.0653. The molecular weight excluding hydrogens is 242 g/mol. The third kappa shape index (κ3) is 2.46. The van der Waals surface area contributed by atoms with Gasteiger partial charge >= 0.3 is 0 Å². The van der Waals surface area contributed by atoms with Crippen LogP contribution in [0.3, 0.4) is 0 Å². The summed E-state index contributed by atoms with van der Waals surface area (Å²) in [4.78, 5) is 19.4. The molecule has 0 radical (unpaired) electrons. The Bertz CT molecular complexity index is 600. The third-order valence-electron chi connectivity index (χ3n) is 3.54. The summed E-state index contributed by atoms with van der Waals surface area (Å²) in [6.07, 6.45) is 3.56. The highest BCUT2D eigenvalue weighted by Crippen LogP contribution is 2.19. The highest BCUT2D eigenvalue weighted by molar-refractivity contribution is 5.97. The maximum Gasteiger partial charge on any atom is 0.251 e. The molecule has 19 heavy (non-hydrogen) atoms. The van der Waals surface area contributed by atoms with Gasteiger partial charge in [-0.3, -0.25) is 4.79 Å². The van der Waals surface area contributed by atoms with Gasteiger partial charge in [-0.2, -0.15) is 0 Å². The van der Waals surface area contributed by atoms with Crippen LogP contribution in [0, 0.1) is 0 Å². The maximum atomic E-state index is 12.3. The molecule has 2 aromatic rings. The van der Waals surface area contributed by atoms with Gasteiger partial charge in [0.1, 0.15) is 0 Å². The number of benzene rings is 1. The Hall–Kier alpha value is -1.88. The summed E-state index contributed by atoms with van der Waals surface area (Å²) in [5.41, 5.74) is 2.11. The van der Waals surface area contributed by atoms with Crippen molar-refractivity contribution in [1.29, 1.82) is 0 Å². The van der Waals surface area contributed by atoms with E-state index in [-0.39, 0.29) is 11.4 Å². The minimum absolute atomic E-state index is 0.0653. The number of H-pyrrole nitrogens is 1. The number of hydrogen-bond acceptors (Lipinski definition) is 3. The summed E-state index contributed by atoms with van der Waals surface area (Å²) >= 11 is 0. The first-order chi connectivity index (χ1) is 9.16. The van der Waals surface area contributed by atoms with E-state index in [0.29, 0.717) is 12.2 Å². The summed E-state index contributed by atoms with van der Waals surface area (Å²) in [7, 11) is 0. The van der Waals surface area contributed by atoms with Crippen molar-refractivity contribution in [1.82, 2.24) is 15.3 Å². The number of ether oxygens (including phenoxy) is 1. The number of aromatic nitrogens is 2. The van der Waals surface area contributed by atoms with Gasteiger partial charge < -0.3 is 15.0 Å². The van der Waals surface area contributed by atoms with E-state index in [4.69, 9.17) is 4.74 Å². The van der Waals surface area contributed by atoms with Crippen LogP contribution < -0.4 is 5.32 Å². The van der Waals surface area contributed by atoms with Crippen LogP contribution >= 0.6 is 0 Å². The van der Waals surface area contributed by atoms with Gasteiger partial charge in [0, 0.05) is 12.2 Å². The van der Waals surface area contributed by atoms with E-state index in [9.17, 15) is 4.79 Å². The predicted octanol–water partition coefficient (Wildman–Crippen LogP) is 1.86. The third-order valence-corrected chi connectivity index (χ3v) is 3.54. The van der Waals surface area contributed by atoms with Crippen LogP contribution in [-0.2, 0) is 4.74 Å². The van der Waals surface area contributed by atoms with Crippen LogP contribution in [0.5, 0.6) is 0 Å². The number of rotatable bonds is 2. The monoisotopic (exact) mass is 259 g/mol. The molecule has 1 aromatic heterocycles. The summed E-state index contributed by atoms with van der Waals surface area (Å²) < 4.78 is 5.45. The molecule has 1 unspecified atom stereocenters. The lowest BCUT2D eigenvalue weighted by Crippen LogP contribution is -2.51. The largest absolute Gasteiger partial charge is 0.379 e. The second-order valence-corrected chi connectivity index (χ2v) is 5.31. The first-order valence-electron chi connectivity index (χ1n) is 6.50. The SMILES string of the molecule is CC1(NC(=O)c2ccc3nc[nH]c3c2)CCCOC1. The van der Waals surface area contributed by atoms with Gasteiger partial charge in [-0.05, 0) is 38.0 Å². The van der Waals surface area contributed by atoms with Crippen molar-refractivity contribution in [3.8, 4) is 0 Å². The van der Waals surface area contributed by atoms with E-state index in [1.54, 1.807) is 12.4 Å². The molecule has 0 bridgehead atoms. The zero-order valence-electron chi connectivity index (χ0n) is 10.9. The van der Waals surface area contributed by atoms with E-state index in [2.05, 4.69) is 15.3 Å². The van der Waals surface area contributed by atoms with Crippen molar-refractivity contribution in [2.75, 3.05) is 13.2 Å². The van der Waals surface area contributed by atoms with Gasteiger partial charge in [-0.1, -0.05) is 0 Å². The van der Waals surface area contributed by atoms with Crippen molar-refractivity contribution in [2.45, 2.75) is 25.3 Å². The fourth-order valence-electron chi connectivity index (χ4n) is 2.46. The molecule has 1 atom stereocenters. The number of carbonyl (C=O) groups excluding carboxylic acids is 1. The van der Waals surface area contributed by atoms with Crippen molar-refractivity contribution in [2.24, 2.45) is 0 Å². The molecule has 1 amide bonds. The van der Waals surface area contributed by atoms with E-state index in [0.717, 1.165) is 30.5 Å². The molecular formula is C14H17N3O2. The minimum Gasteiger partial charge on any atom is -0.379 e. The molecule has 1 fully saturated rings. The molecule has 5 nitrogen and oxygen atoms in total.